The van der Waals surface area contributed by atoms with Crippen molar-refractivity contribution < 1.29 is 19.4 Å². The number of nitrogens with zero attached hydrogens (tertiary/aromatic N) is 1. The Bertz CT molecular complexity index is 708. The zero-order valence-corrected chi connectivity index (χ0v) is 11.1. The molecule has 0 aliphatic rings. The number of nitrogens with one attached hydrogen (secondary N) is 1. The number of aromatic nitrogens is 2. The van der Waals surface area contributed by atoms with Gasteiger partial charge in [0.15, 0.2) is 5.75 Å². The molecule has 0 amide bonds. The number of aromatic hydroxyl groups is 1. The molecule has 0 saturated carbocycles. The van der Waals surface area contributed by atoms with Gasteiger partial charge in [0.05, 0.1) is 31.9 Å². The highest BCUT2D eigenvalue weighted by Crippen LogP contribution is 2.25. The molecular formula is C13H14N2O5. The molecule has 2 aromatic rings. The first-order valence-corrected chi connectivity index (χ1v) is 6.00. The van der Waals surface area contributed by atoms with Crippen molar-refractivity contribution in [3.05, 3.63) is 28.2 Å². The first-order chi connectivity index (χ1) is 9.56. The Morgan fingerprint density at radius 3 is 2.90 bits per heavy atom. The van der Waals surface area contributed by atoms with Crippen LogP contribution in [0.3, 0.4) is 0 Å². The van der Waals surface area contributed by atoms with Gasteiger partial charge in [-0.15, -0.1) is 0 Å². The average molecular weight is 278 g/mol. The van der Waals surface area contributed by atoms with Gasteiger partial charge in [-0.1, -0.05) is 0 Å². The Morgan fingerprint density at radius 1 is 1.50 bits per heavy atom. The van der Waals surface area contributed by atoms with E-state index in [1.807, 2.05) is 0 Å². The van der Waals surface area contributed by atoms with Gasteiger partial charge in [0.1, 0.15) is 0 Å². The summed E-state index contributed by atoms with van der Waals surface area (Å²) in [4.78, 5) is 29.7. The quantitative estimate of drug-likeness (QED) is 0.800. The second-order valence-corrected chi connectivity index (χ2v) is 4.04. The molecule has 7 nitrogen and oxygen atoms in total. The average Bonchev–Trinajstić information content (AvgIpc) is 2.44. The minimum Gasteiger partial charge on any atom is -0.503 e. The molecule has 0 radical (unpaired) electrons. The lowest BCUT2D eigenvalue weighted by molar-refractivity contribution is -0.142. The summed E-state index contributed by atoms with van der Waals surface area (Å²) >= 11 is 0. The zero-order chi connectivity index (χ0) is 14.7. The minimum atomic E-state index is -0.677. The van der Waals surface area contributed by atoms with Crippen LogP contribution in [-0.4, -0.2) is 34.8 Å². The van der Waals surface area contributed by atoms with Crippen LogP contribution >= 0.6 is 0 Å². The van der Waals surface area contributed by atoms with Crippen molar-refractivity contribution >= 4 is 16.9 Å². The number of fused-ring (bicyclic) bond motifs is 1. The van der Waals surface area contributed by atoms with E-state index in [9.17, 15) is 14.7 Å². The third-order valence-corrected chi connectivity index (χ3v) is 2.79. The van der Waals surface area contributed by atoms with Crippen LogP contribution in [0.5, 0.6) is 11.6 Å². The fraction of sp³-hybridized carbons (Fsp3) is 0.308. The fourth-order valence-corrected chi connectivity index (χ4v) is 1.88. The summed E-state index contributed by atoms with van der Waals surface area (Å²) in [6, 6.07) is 1.54. The molecule has 0 saturated heterocycles. The molecule has 0 spiro atoms. The number of esters is 1. The molecule has 20 heavy (non-hydrogen) atoms. The normalized spacial score (nSPS) is 10.5. The van der Waals surface area contributed by atoms with E-state index in [-0.39, 0.29) is 18.6 Å². The van der Waals surface area contributed by atoms with Crippen LogP contribution in [-0.2, 0) is 16.0 Å². The zero-order valence-electron chi connectivity index (χ0n) is 11.1. The van der Waals surface area contributed by atoms with Gasteiger partial charge in [-0.25, -0.2) is 4.98 Å². The largest absolute Gasteiger partial charge is 0.503 e. The summed E-state index contributed by atoms with van der Waals surface area (Å²) < 4.78 is 9.84. The van der Waals surface area contributed by atoms with E-state index < -0.39 is 17.3 Å². The molecule has 0 aromatic carbocycles. The smallest absolute Gasteiger partial charge is 0.310 e. The van der Waals surface area contributed by atoms with Crippen molar-refractivity contribution in [2.24, 2.45) is 0 Å². The third kappa shape index (κ3) is 2.56. The van der Waals surface area contributed by atoms with E-state index in [0.717, 1.165) is 0 Å². The number of aromatic amines is 1. The van der Waals surface area contributed by atoms with E-state index in [1.54, 1.807) is 13.0 Å². The third-order valence-electron chi connectivity index (χ3n) is 2.79. The number of hydrogen-bond donors (Lipinski definition) is 2. The van der Waals surface area contributed by atoms with Crippen LogP contribution in [0.4, 0.5) is 0 Å². The Balaban J connectivity index is 2.61. The lowest BCUT2D eigenvalue weighted by atomic mass is 10.1. The van der Waals surface area contributed by atoms with Crippen LogP contribution < -0.4 is 10.3 Å². The Hall–Kier alpha value is -2.57. The number of pyridine rings is 2. The number of rotatable bonds is 4. The summed E-state index contributed by atoms with van der Waals surface area (Å²) in [5, 5.41) is 10.4. The summed E-state index contributed by atoms with van der Waals surface area (Å²) in [7, 11) is 1.45. The van der Waals surface area contributed by atoms with E-state index in [0.29, 0.717) is 16.8 Å². The second-order valence-electron chi connectivity index (χ2n) is 4.04. The number of carbonyl (C=O) groups is 1. The van der Waals surface area contributed by atoms with Crippen molar-refractivity contribution in [1.29, 1.82) is 0 Å². The van der Waals surface area contributed by atoms with Crippen LogP contribution in [0.15, 0.2) is 17.1 Å². The van der Waals surface area contributed by atoms with Gasteiger partial charge in [-0.2, -0.15) is 0 Å². The minimum absolute atomic E-state index is 0.197. The van der Waals surface area contributed by atoms with Gasteiger partial charge < -0.3 is 19.6 Å². The highest BCUT2D eigenvalue weighted by atomic mass is 16.5. The number of ether oxygens (including phenoxy) is 2. The van der Waals surface area contributed by atoms with Gasteiger partial charge in [0.2, 0.25) is 5.88 Å². The molecule has 0 fully saturated rings. The molecular weight excluding hydrogens is 264 g/mol. The highest BCUT2D eigenvalue weighted by molar-refractivity contribution is 5.88. The van der Waals surface area contributed by atoms with E-state index in [1.165, 1.54) is 13.3 Å². The molecule has 7 heteroatoms. The summed E-state index contributed by atoms with van der Waals surface area (Å²) in [6.07, 6.45) is 1.21. The Labute approximate surface area is 114 Å². The number of carbonyl (C=O) groups excluding carboxylic acids is 1. The maximum atomic E-state index is 11.6. The van der Waals surface area contributed by atoms with Crippen molar-refractivity contribution in [3.63, 3.8) is 0 Å². The SMILES string of the molecule is CCOC(=O)Cc1c(O)c(=O)[nH]c2cnc(OC)cc12. The first kappa shape index (κ1) is 13.9. The van der Waals surface area contributed by atoms with E-state index >= 15 is 0 Å². The lowest BCUT2D eigenvalue weighted by Crippen LogP contribution is -2.13. The summed E-state index contributed by atoms with van der Waals surface area (Å²) in [6.45, 7) is 1.91. The van der Waals surface area contributed by atoms with Crippen molar-refractivity contribution in [2.45, 2.75) is 13.3 Å². The number of H-pyrrole nitrogens is 1. The molecule has 2 heterocycles. The lowest BCUT2D eigenvalue weighted by Gasteiger charge is -2.09. The Morgan fingerprint density at radius 2 is 2.25 bits per heavy atom. The van der Waals surface area contributed by atoms with E-state index in [2.05, 4.69) is 9.97 Å². The molecule has 2 rings (SSSR count). The van der Waals surface area contributed by atoms with Crippen molar-refractivity contribution in [2.75, 3.05) is 13.7 Å². The standard InChI is InChI=1S/C13H14N2O5/c1-3-20-11(16)5-8-7-4-10(19-2)14-6-9(7)15-13(18)12(8)17/h4,6,17H,3,5H2,1-2H3,(H,15,18). The van der Waals surface area contributed by atoms with Gasteiger partial charge in [0.25, 0.3) is 5.56 Å². The van der Waals surface area contributed by atoms with Crippen LogP contribution in [0.1, 0.15) is 12.5 Å². The van der Waals surface area contributed by atoms with Crippen LogP contribution in [0, 0.1) is 0 Å². The fourth-order valence-electron chi connectivity index (χ4n) is 1.88. The highest BCUT2D eigenvalue weighted by Gasteiger charge is 2.16. The van der Waals surface area contributed by atoms with Gasteiger partial charge >= 0.3 is 5.97 Å². The molecule has 0 bridgehead atoms. The van der Waals surface area contributed by atoms with Crippen molar-refractivity contribution in [3.8, 4) is 11.6 Å². The van der Waals surface area contributed by atoms with Crippen LogP contribution in [0.25, 0.3) is 10.9 Å². The Kier molecular flexibility index (Phi) is 3.88. The number of hydrogen-bond acceptors (Lipinski definition) is 6. The molecule has 106 valence electrons. The predicted molar refractivity (Wildman–Crippen MR) is 70.9 cm³/mol. The maximum absolute atomic E-state index is 11.6. The second kappa shape index (κ2) is 5.60. The summed E-state index contributed by atoms with van der Waals surface area (Å²) in [5.41, 5.74) is -0.0698. The molecule has 0 atom stereocenters. The molecule has 2 aromatic heterocycles. The molecule has 0 unspecified atom stereocenters. The van der Waals surface area contributed by atoms with Crippen LogP contribution in [0.2, 0.25) is 0 Å². The number of methoxy groups -OCH3 is 1. The van der Waals surface area contributed by atoms with Crippen molar-refractivity contribution in [1.82, 2.24) is 9.97 Å². The first-order valence-electron chi connectivity index (χ1n) is 6.00. The molecule has 2 N–H and O–H groups in total. The molecule has 0 aliphatic carbocycles. The predicted octanol–water partition coefficient (Wildman–Crippen LogP) is 0.743. The topological polar surface area (TPSA) is 102 Å². The van der Waals surface area contributed by atoms with E-state index in [4.69, 9.17) is 9.47 Å². The molecule has 0 aliphatic heterocycles. The van der Waals surface area contributed by atoms with Gasteiger partial charge in [0, 0.05) is 17.0 Å². The van der Waals surface area contributed by atoms with Gasteiger partial charge in [-0.3, -0.25) is 9.59 Å². The maximum Gasteiger partial charge on any atom is 0.310 e. The van der Waals surface area contributed by atoms with Gasteiger partial charge in [-0.05, 0) is 6.92 Å². The summed E-state index contributed by atoms with van der Waals surface area (Å²) in [5.74, 6) is -0.710. The monoisotopic (exact) mass is 278 g/mol.